The molecule has 0 atom stereocenters. The van der Waals surface area contributed by atoms with Gasteiger partial charge in [0, 0.05) is 36.5 Å². The van der Waals surface area contributed by atoms with Gasteiger partial charge in [-0.05, 0) is 47.0 Å². The van der Waals surface area contributed by atoms with Crippen molar-refractivity contribution in [1.29, 1.82) is 0 Å². The van der Waals surface area contributed by atoms with E-state index in [2.05, 4.69) is 91.0 Å². The minimum atomic E-state index is -0.400. The van der Waals surface area contributed by atoms with Crippen molar-refractivity contribution < 1.29 is 14.3 Å². The summed E-state index contributed by atoms with van der Waals surface area (Å²) in [5.41, 5.74) is 5.53. The Balaban J connectivity index is 1.78. The fourth-order valence-electron chi connectivity index (χ4n) is 3.28. The molecule has 0 unspecified atom stereocenters. The van der Waals surface area contributed by atoms with Crippen LogP contribution in [-0.4, -0.2) is 19.2 Å². The van der Waals surface area contributed by atoms with Crippen LogP contribution in [0.1, 0.15) is 16.7 Å². The summed E-state index contributed by atoms with van der Waals surface area (Å²) in [5.74, 6) is -0.400. The zero-order chi connectivity index (χ0) is 23.3. The van der Waals surface area contributed by atoms with Crippen LogP contribution in [0.4, 0.5) is 11.4 Å². The number of carbonyl (C=O) groups is 1. The van der Waals surface area contributed by atoms with Crippen LogP contribution >= 0.6 is 0 Å². The van der Waals surface area contributed by atoms with Crippen molar-refractivity contribution in [2.45, 2.75) is 12.8 Å². The van der Waals surface area contributed by atoms with Gasteiger partial charge in [0.2, 0.25) is 0 Å². The van der Waals surface area contributed by atoms with E-state index in [4.69, 9.17) is 9.47 Å². The predicted octanol–water partition coefficient (Wildman–Crippen LogP) is 6.47. The maximum Gasteiger partial charge on any atom is 0.330 e. The summed E-state index contributed by atoms with van der Waals surface area (Å²) < 4.78 is 10.3. The quantitative estimate of drug-likeness (QED) is 0.140. The van der Waals surface area contributed by atoms with E-state index in [9.17, 15) is 4.79 Å². The Morgan fingerprint density at radius 2 is 1.36 bits per heavy atom. The second-order valence-electron chi connectivity index (χ2n) is 7.34. The highest BCUT2D eigenvalue weighted by atomic mass is 16.5. The molecule has 3 rings (SSSR count). The molecule has 4 heteroatoms. The van der Waals surface area contributed by atoms with Crippen LogP contribution in [0, 0.1) is 0 Å². The van der Waals surface area contributed by atoms with Crippen LogP contribution in [0.15, 0.2) is 111 Å². The first-order chi connectivity index (χ1) is 16.2. The molecule has 0 bridgehead atoms. The number of hydrogen-bond acceptors (Lipinski definition) is 4. The molecule has 4 nitrogen and oxygen atoms in total. The molecule has 0 heterocycles. The topological polar surface area (TPSA) is 38.8 Å². The molecule has 0 fully saturated rings. The third-order valence-corrected chi connectivity index (χ3v) is 5.07. The molecule has 33 heavy (non-hydrogen) atoms. The number of carbonyl (C=O) groups excluding carboxylic acids is 1. The fourth-order valence-corrected chi connectivity index (χ4v) is 3.28. The van der Waals surface area contributed by atoms with Gasteiger partial charge in [-0.2, -0.15) is 0 Å². The van der Waals surface area contributed by atoms with Crippen molar-refractivity contribution in [3.8, 4) is 0 Å². The molecule has 0 aliphatic rings. The number of rotatable bonds is 12. The first-order valence-corrected chi connectivity index (χ1v) is 10.9. The van der Waals surface area contributed by atoms with E-state index in [-0.39, 0.29) is 0 Å². The average Bonchev–Trinajstić information content (AvgIpc) is 2.86. The van der Waals surface area contributed by atoms with Gasteiger partial charge in [0.1, 0.15) is 0 Å². The van der Waals surface area contributed by atoms with Crippen LogP contribution in [0.5, 0.6) is 0 Å². The van der Waals surface area contributed by atoms with Gasteiger partial charge in [0.05, 0.1) is 19.5 Å². The predicted molar refractivity (Wildman–Crippen MR) is 135 cm³/mol. The highest BCUT2D eigenvalue weighted by molar-refractivity contribution is 5.81. The van der Waals surface area contributed by atoms with E-state index in [1.165, 1.54) is 17.9 Å². The summed E-state index contributed by atoms with van der Waals surface area (Å²) in [5, 5.41) is 0. The Morgan fingerprint density at radius 1 is 0.788 bits per heavy atom. The van der Waals surface area contributed by atoms with Crippen molar-refractivity contribution >= 4 is 23.4 Å². The average molecular weight is 440 g/mol. The Bertz CT molecular complexity index is 1050. The van der Waals surface area contributed by atoms with Gasteiger partial charge in [0.15, 0.2) is 0 Å². The summed E-state index contributed by atoms with van der Waals surface area (Å²) >= 11 is 0. The van der Waals surface area contributed by atoms with E-state index >= 15 is 0 Å². The lowest BCUT2D eigenvalue weighted by molar-refractivity contribution is -0.137. The third-order valence-electron chi connectivity index (χ3n) is 5.07. The molecule has 0 spiro atoms. The Labute approximate surface area is 196 Å². The molecule has 0 radical (unpaired) electrons. The second kappa shape index (κ2) is 12.7. The standard InChI is InChI=1S/C29H29NO3/c1-3-29(31)33-23-20-26-12-16-28(17-13-26)30(21-18-24-8-6-5-7-9-24)27-14-10-25(11-15-27)19-22-32-4-2/h3-18,21H,1-2,19-20,22-23H2. The van der Waals surface area contributed by atoms with E-state index in [1.54, 1.807) is 0 Å². The highest BCUT2D eigenvalue weighted by Gasteiger charge is 2.08. The highest BCUT2D eigenvalue weighted by Crippen LogP contribution is 2.27. The normalized spacial score (nSPS) is 10.5. The second-order valence-corrected chi connectivity index (χ2v) is 7.34. The van der Waals surface area contributed by atoms with Crippen molar-refractivity contribution in [2.24, 2.45) is 0 Å². The number of anilines is 2. The Morgan fingerprint density at radius 3 is 1.91 bits per heavy atom. The molecule has 0 saturated carbocycles. The van der Waals surface area contributed by atoms with E-state index in [0.717, 1.165) is 28.9 Å². The summed E-state index contributed by atoms with van der Waals surface area (Å²) in [4.78, 5) is 13.4. The van der Waals surface area contributed by atoms with Gasteiger partial charge in [-0.15, -0.1) is 0 Å². The minimum absolute atomic E-state index is 0.332. The lowest BCUT2D eigenvalue weighted by atomic mass is 10.1. The largest absolute Gasteiger partial charge is 0.501 e. The van der Waals surface area contributed by atoms with Gasteiger partial charge < -0.3 is 14.4 Å². The van der Waals surface area contributed by atoms with Crippen LogP contribution in [-0.2, 0) is 27.1 Å². The van der Waals surface area contributed by atoms with Gasteiger partial charge in [0.25, 0.3) is 0 Å². The molecular formula is C29H29NO3. The zero-order valence-electron chi connectivity index (χ0n) is 18.7. The van der Waals surface area contributed by atoms with Crippen LogP contribution in [0.2, 0.25) is 0 Å². The first kappa shape index (κ1) is 23.6. The summed E-state index contributed by atoms with van der Waals surface area (Å²) in [6, 6.07) is 26.9. The van der Waals surface area contributed by atoms with E-state index in [0.29, 0.717) is 19.6 Å². The van der Waals surface area contributed by atoms with Crippen LogP contribution < -0.4 is 4.90 Å². The van der Waals surface area contributed by atoms with Crippen molar-refractivity contribution in [3.63, 3.8) is 0 Å². The monoisotopic (exact) mass is 439 g/mol. The molecule has 0 N–H and O–H groups in total. The smallest absolute Gasteiger partial charge is 0.330 e. The van der Waals surface area contributed by atoms with Crippen LogP contribution in [0.25, 0.3) is 6.08 Å². The maximum absolute atomic E-state index is 11.2. The van der Waals surface area contributed by atoms with Gasteiger partial charge in [-0.25, -0.2) is 4.79 Å². The lowest BCUT2D eigenvalue weighted by Gasteiger charge is -2.22. The maximum atomic E-state index is 11.2. The summed E-state index contributed by atoms with van der Waals surface area (Å²) in [6.07, 6.45) is 8.30. The summed E-state index contributed by atoms with van der Waals surface area (Å²) in [6.45, 7) is 7.94. The van der Waals surface area contributed by atoms with Crippen molar-refractivity contribution in [3.05, 3.63) is 127 Å². The van der Waals surface area contributed by atoms with E-state index < -0.39 is 5.97 Å². The molecule has 0 aromatic heterocycles. The SMILES string of the molecule is C=COCCc1ccc(N(C=Cc2ccccc2)c2ccc(CCOC(=O)C=C)cc2)cc1. The number of esters is 1. The molecule has 0 aliphatic carbocycles. The zero-order valence-corrected chi connectivity index (χ0v) is 18.7. The minimum Gasteiger partial charge on any atom is -0.501 e. The van der Waals surface area contributed by atoms with Crippen molar-refractivity contribution in [2.75, 3.05) is 18.1 Å². The number of nitrogens with zero attached hydrogens (tertiary/aromatic N) is 1. The van der Waals surface area contributed by atoms with E-state index in [1.807, 2.05) is 18.2 Å². The van der Waals surface area contributed by atoms with Crippen LogP contribution in [0.3, 0.4) is 0 Å². The first-order valence-electron chi connectivity index (χ1n) is 10.9. The third kappa shape index (κ3) is 7.54. The number of hydrogen-bond donors (Lipinski definition) is 0. The molecule has 0 aliphatic heterocycles. The van der Waals surface area contributed by atoms with Gasteiger partial charge in [-0.1, -0.05) is 67.8 Å². The van der Waals surface area contributed by atoms with Gasteiger partial charge in [-0.3, -0.25) is 0 Å². The lowest BCUT2D eigenvalue weighted by Crippen LogP contribution is -2.09. The van der Waals surface area contributed by atoms with Gasteiger partial charge >= 0.3 is 5.97 Å². The number of benzene rings is 3. The summed E-state index contributed by atoms with van der Waals surface area (Å²) in [7, 11) is 0. The molecular weight excluding hydrogens is 410 g/mol. The molecule has 0 saturated heterocycles. The number of ether oxygens (including phenoxy) is 2. The fraction of sp³-hybridized carbons (Fsp3) is 0.138. The molecule has 3 aromatic rings. The Hall–Kier alpha value is -4.05. The Kier molecular flexibility index (Phi) is 9.10. The molecule has 0 amide bonds. The van der Waals surface area contributed by atoms with Crippen molar-refractivity contribution in [1.82, 2.24) is 0 Å². The molecule has 3 aromatic carbocycles. The molecule has 168 valence electrons.